The minimum Gasteiger partial charge on any atom is -0.497 e. The Morgan fingerprint density at radius 2 is 0.711 bits per heavy atom. The number of anilines is 2. The van der Waals surface area contributed by atoms with Crippen molar-refractivity contribution in [1.29, 1.82) is 0 Å². The maximum Gasteiger partial charge on any atom is 0.416 e. The molecule has 0 bridgehead atoms. The lowest BCUT2D eigenvalue weighted by atomic mass is 9.91. The van der Waals surface area contributed by atoms with Gasteiger partial charge in [-0.05, 0) is 249 Å². The summed E-state index contributed by atoms with van der Waals surface area (Å²) in [6, 6.07) is 74.2. The van der Waals surface area contributed by atoms with Crippen molar-refractivity contribution < 1.29 is 33.3 Å². The molecule has 4 aliphatic rings. The van der Waals surface area contributed by atoms with Crippen molar-refractivity contribution in [3.8, 4) is 28.7 Å². The van der Waals surface area contributed by atoms with Gasteiger partial charge in [0.25, 0.3) is 0 Å². The topological polar surface area (TPSA) is 208 Å². The number of carbonyl (C=O) groups is 2. The van der Waals surface area contributed by atoms with Crippen LogP contribution >= 0.6 is 23.2 Å². The van der Waals surface area contributed by atoms with Crippen LogP contribution in [-0.2, 0) is 25.7 Å². The van der Waals surface area contributed by atoms with E-state index < -0.39 is 6.09 Å². The van der Waals surface area contributed by atoms with E-state index in [1.165, 1.54) is 105 Å². The van der Waals surface area contributed by atoms with Gasteiger partial charge in [0.2, 0.25) is 5.95 Å². The molecule has 4 aliphatic heterocycles. The maximum atomic E-state index is 13.3. The van der Waals surface area contributed by atoms with E-state index >= 15 is 0 Å². The Labute approximate surface area is 713 Å². The molecule has 2 amide bonds. The van der Waals surface area contributed by atoms with Gasteiger partial charge in [-0.3, -0.25) is 14.8 Å². The van der Waals surface area contributed by atoms with Crippen LogP contribution in [0.1, 0.15) is 139 Å². The molecule has 16 aromatic rings. The molecule has 21 heteroatoms. The lowest BCUT2D eigenvalue weighted by Crippen LogP contribution is -2.42. The number of H-pyrrole nitrogens is 4. The van der Waals surface area contributed by atoms with E-state index in [4.69, 9.17) is 46.9 Å². The Balaban J connectivity index is 0.000000115. The number of halogens is 2. The van der Waals surface area contributed by atoms with E-state index in [-0.39, 0.29) is 30.3 Å². The van der Waals surface area contributed by atoms with Gasteiger partial charge in [-0.2, -0.15) is 0 Å². The number of amides is 2. The van der Waals surface area contributed by atoms with Gasteiger partial charge >= 0.3 is 12.2 Å². The fourth-order valence-corrected chi connectivity index (χ4v) is 17.7. The number of aromatic amines is 4. The highest BCUT2D eigenvalue weighted by Crippen LogP contribution is 2.46. The van der Waals surface area contributed by atoms with Crippen molar-refractivity contribution in [2.45, 2.75) is 97.3 Å². The van der Waals surface area contributed by atoms with Gasteiger partial charge in [0.15, 0.2) is 0 Å². The molecular formula is C100H94Cl2N12O7. The van der Waals surface area contributed by atoms with Crippen LogP contribution in [-0.4, -0.2) is 109 Å². The molecule has 20 rings (SSSR count). The molecule has 610 valence electrons. The summed E-state index contributed by atoms with van der Waals surface area (Å²) in [5.41, 5.74) is 25.2. The number of fused-ring (bicyclic) bond motifs is 12. The quantitative estimate of drug-likeness (QED) is 0.0899. The highest BCUT2D eigenvalue weighted by atomic mass is 35.5. The van der Waals surface area contributed by atoms with Gasteiger partial charge in [0.05, 0.1) is 39.6 Å². The van der Waals surface area contributed by atoms with Gasteiger partial charge < -0.3 is 53.4 Å². The Kier molecular flexibility index (Phi) is 23.1. The number of ether oxygens (including phenoxy) is 5. The molecule has 0 saturated carbocycles. The molecule has 0 saturated heterocycles. The summed E-state index contributed by atoms with van der Waals surface area (Å²) in [6.07, 6.45) is 11.6. The SMILES string of the molecule is COc1ccc(C2c3[nH]c4ccc(C)cc4c3CCN2C(=O)Oc2ccc(Cl)cc2)cc1.COc1ccc(C2c3[nH]c4ccc(C)cc4c3CCN2c2cnccn2)cc1.COc1ccc(C2c3[nH]c4ccc(C)cc4c3CCN2c2ncccn2)cc1.Cc1ccc2[nH]c3c(c2c1)CCN(C(=O)Oc1ccc(Cl)cc1)C3c1ccc(C(C)C)cc1. The van der Waals surface area contributed by atoms with Gasteiger partial charge in [-0.1, -0.05) is 144 Å². The monoisotopic (exact) mass is 1640 g/mol. The highest BCUT2D eigenvalue weighted by molar-refractivity contribution is 6.30. The number of rotatable bonds is 12. The van der Waals surface area contributed by atoms with Crippen LogP contribution in [0.2, 0.25) is 10.0 Å². The molecule has 4 unspecified atom stereocenters. The highest BCUT2D eigenvalue weighted by Gasteiger charge is 2.40. The first-order valence-corrected chi connectivity index (χ1v) is 41.7. The van der Waals surface area contributed by atoms with E-state index in [2.05, 4.69) is 213 Å². The number of carbonyl (C=O) groups excluding carboxylic acids is 2. The first-order chi connectivity index (χ1) is 58.9. The van der Waals surface area contributed by atoms with Crippen LogP contribution in [0.3, 0.4) is 0 Å². The summed E-state index contributed by atoms with van der Waals surface area (Å²) >= 11 is 12.0. The Bertz CT molecular complexity index is 6190. The predicted octanol–water partition coefficient (Wildman–Crippen LogP) is 22.5. The molecule has 10 heterocycles. The lowest BCUT2D eigenvalue weighted by molar-refractivity contribution is 0.134. The van der Waals surface area contributed by atoms with Crippen LogP contribution < -0.4 is 33.5 Å². The number of hydrogen-bond acceptors (Lipinski definition) is 13. The molecule has 0 spiro atoms. The second-order valence-electron chi connectivity index (χ2n) is 31.5. The second kappa shape index (κ2) is 34.9. The van der Waals surface area contributed by atoms with Crippen molar-refractivity contribution in [3.63, 3.8) is 0 Å². The standard InChI is InChI=1S/C28H27ClN2O2.C26H23ClN2O3.2C23H22N4O/c1-17(2)19-5-7-20(8-6-19)27-26-23(24-16-18(3)4-13-25(24)30-26)14-15-31(27)28(32)33-22-11-9-21(29)10-12-22;1-16-3-12-23-22(15-16)21-13-14-29(26(30)32-20-10-6-18(27)7-11-20)25(24(21)28-23)17-4-8-19(31-2)9-5-17;1-15-4-9-20-19(14-15)18-10-13-27(23-24-11-3-12-25-23)22(21(18)26-20)16-5-7-17(28-2)8-6-16;1-15-3-8-20-19(13-15)18-9-12-27(21-14-24-10-11-25-21)23(22(18)26-20)16-4-6-17(28-2)7-5-16/h4-13,16-17,27,30H,14-15H2,1-3H3;3-12,15,25,28H,13-14H2,1-2H3;3-9,11-12,14,22,26H,10,13H2,1-2H3;3-8,10-11,13-14,23,26H,9,12H2,1-2H3. The summed E-state index contributed by atoms with van der Waals surface area (Å²) in [4.78, 5) is 67.4. The molecule has 4 N–H and O–H groups in total. The smallest absolute Gasteiger partial charge is 0.416 e. The molecule has 121 heavy (non-hydrogen) atoms. The predicted molar refractivity (Wildman–Crippen MR) is 481 cm³/mol. The average Bonchev–Trinajstić information content (AvgIpc) is 1.64. The molecule has 4 atom stereocenters. The van der Waals surface area contributed by atoms with Crippen LogP contribution in [0, 0.1) is 27.7 Å². The van der Waals surface area contributed by atoms with Gasteiger partial charge in [0.1, 0.15) is 46.6 Å². The fraction of sp³-hybridized carbons (Fsp3) is 0.220. The number of hydrogen-bond donors (Lipinski definition) is 4. The molecule has 19 nitrogen and oxygen atoms in total. The number of nitrogens with one attached hydrogen (secondary N) is 4. The first-order valence-electron chi connectivity index (χ1n) is 40.9. The van der Waals surface area contributed by atoms with Gasteiger partial charge in [-0.15, -0.1) is 0 Å². The largest absolute Gasteiger partial charge is 0.497 e. The van der Waals surface area contributed by atoms with Crippen LogP contribution in [0.25, 0.3) is 43.6 Å². The van der Waals surface area contributed by atoms with E-state index in [0.717, 1.165) is 101 Å². The fourth-order valence-electron chi connectivity index (χ4n) is 17.5. The van der Waals surface area contributed by atoms with Gasteiger partial charge in [0, 0.05) is 127 Å². The number of benzene rings is 10. The normalized spacial score (nSPS) is 15.9. The van der Waals surface area contributed by atoms with Crippen molar-refractivity contribution in [3.05, 3.63) is 361 Å². The minimum absolute atomic E-state index is 0.0322. The molecule has 0 aliphatic carbocycles. The zero-order valence-corrected chi connectivity index (χ0v) is 70.5. The maximum absolute atomic E-state index is 13.3. The van der Waals surface area contributed by atoms with E-state index in [0.29, 0.717) is 40.6 Å². The minimum atomic E-state index is -0.395. The molecular weight excluding hydrogens is 1550 g/mol. The van der Waals surface area contributed by atoms with Crippen molar-refractivity contribution in [1.82, 2.24) is 49.7 Å². The Morgan fingerprint density at radius 1 is 0.380 bits per heavy atom. The molecule has 6 aromatic heterocycles. The second-order valence-corrected chi connectivity index (χ2v) is 32.4. The summed E-state index contributed by atoms with van der Waals surface area (Å²) < 4.78 is 27.5. The van der Waals surface area contributed by atoms with E-state index in [1.807, 2.05) is 65.7 Å². The summed E-state index contributed by atoms with van der Waals surface area (Å²) in [6.45, 7) is 15.8. The third kappa shape index (κ3) is 16.7. The van der Waals surface area contributed by atoms with Crippen molar-refractivity contribution in [2.24, 2.45) is 0 Å². The number of methoxy groups -OCH3 is 3. The van der Waals surface area contributed by atoms with E-state index in [9.17, 15) is 9.59 Å². The summed E-state index contributed by atoms with van der Waals surface area (Å²) in [7, 11) is 5.03. The van der Waals surface area contributed by atoms with Crippen LogP contribution in [0.4, 0.5) is 21.4 Å². The van der Waals surface area contributed by atoms with Crippen molar-refractivity contribution in [2.75, 3.05) is 57.3 Å². The van der Waals surface area contributed by atoms with E-state index in [1.54, 1.807) is 99.5 Å². The third-order valence-electron chi connectivity index (χ3n) is 23.5. The van der Waals surface area contributed by atoms with Crippen LogP contribution in [0.15, 0.2) is 255 Å². The van der Waals surface area contributed by atoms with Gasteiger partial charge in [-0.25, -0.2) is 24.5 Å². The summed E-state index contributed by atoms with van der Waals surface area (Å²) in [5.74, 6) is 5.53. The van der Waals surface area contributed by atoms with Crippen molar-refractivity contribution >= 4 is 90.8 Å². The third-order valence-corrected chi connectivity index (χ3v) is 24.0. The first kappa shape index (κ1) is 80.1. The van der Waals surface area contributed by atoms with Crippen LogP contribution in [0.5, 0.6) is 28.7 Å². The molecule has 0 radical (unpaired) electrons. The average molecular weight is 1650 g/mol. The zero-order chi connectivity index (χ0) is 83.5. The number of aromatic nitrogens is 8. The molecule has 0 fully saturated rings. The summed E-state index contributed by atoms with van der Waals surface area (Å²) in [5, 5.41) is 6.30. The number of aryl methyl sites for hydroxylation is 4. The lowest BCUT2D eigenvalue weighted by Gasteiger charge is -2.37. The molecule has 10 aromatic carbocycles. The zero-order valence-electron chi connectivity index (χ0n) is 69.0. The Hall–Kier alpha value is -13.4. The number of nitrogens with zero attached hydrogens (tertiary/aromatic N) is 8. The Morgan fingerprint density at radius 3 is 1.07 bits per heavy atom.